The average molecular weight is 239 g/mol. The number of ether oxygens (including phenoxy) is 1. The second-order valence-electron chi connectivity index (χ2n) is 5.84. The molecule has 0 heterocycles. The molecule has 0 atom stereocenters. The van der Waals surface area contributed by atoms with Gasteiger partial charge in [-0.15, -0.1) is 0 Å². The first-order chi connectivity index (χ1) is 8.24. The molecule has 3 heteroatoms. The van der Waals surface area contributed by atoms with Crippen LogP contribution in [0, 0.1) is 5.41 Å². The molecule has 0 aromatic rings. The zero-order valence-electron chi connectivity index (χ0n) is 10.7. The standard InChI is InChI=1S/C14H25NO2/c15-11-14(8-5-9-14)10-13(16)17-12-6-3-1-2-4-7-12/h12H,1-11,15H2. The summed E-state index contributed by atoms with van der Waals surface area (Å²) in [4.78, 5) is 11.9. The van der Waals surface area contributed by atoms with Crippen LogP contribution in [0.2, 0.25) is 0 Å². The maximum atomic E-state index is 11.9. The number of hydrogen-bond donors (Lipinski definition) is 1. The van der Waals surface area contributed by atoms with E-state index in [0.29, 0.717) is 13.0 Å². The first kappa shape index (κ1) is 12.9. The van der Waals surface area contributed by atoms with Gasteiger partial charge in [-0.2, -0.15) is 0 Å². The Hall–Kier alpha value is -0.570. The molecule has 0 spiro atoms. The summed E-state index contributed by atoms with van der Waals surface area (Å²) in [7, 11) is 0. The minimum atomic E-state index is -0.0120. The van der Waals surface area contributed by atoms with Crippen molar-refractivity contribution in [3.8, 4) is 0 Å². The van der Waals surface area contributed by atoms with Gasteiger partial charge < -0.3 is 10.5 Å². The van der Waals surface area contributed by atoms with E-state index in [-0.39, 0.29) is 17.5 Å². The summed E-state index contributed by atoms with van der Waals surface area (Å²) in [6, 6.07) is 0. The maximum absolute atomic E-state index is 11.9. The Balaban J connectivity index is 1.76. The van der Waals surface area contributed by atoms with Gasteiger partial charge in [0.2, 0.25) is 0 Å². The lowest BCUT2D eigenvalue weighted by Crippen LogP contribution is -2.40. The molecule has 17 heavy (non-hydrogen) atoms. The third-order valence-corrected chi connectivity index (χ3v) is 4.47. The van der Waals surface area contributed by atoms with Crippen LogP contribution in [-0.2, 0) is 9.53 Å². The van der Waals surface area contributed by atoms with Crippen molar-refractivity contribution in [1.82, 2.24) is 0 Å². The minimum Gasteiger partial charge on any atom is -0.462 e. The molecule has 0 bridgehead atoms. The van der Waals surface area contributed by atoms with Crippen molar-refractivity contribution in [1.29, 1.82) is 0 Å². The molecule has 0 aromatic heterocycles. The molecule has 98 valence electrons. The van der Waals surface area contributed by atoms with Gasteiger partial charge in [-0.1, -0.05) is 19.3 Å². The van der Waals surface area contributed by atoms with Crippen LogP contribution in [-0.4, -0.2) is 18.6 Å². The molecule has 3 nitrogen and oxygen atoms in total. The van der Waals surface area contributed by atoms with E-state index >= 15 is 0 Å². The summed E-state index contributed by atoms with van der Waals surface area (Å²) in [6.45, 7) is 0.632. The maximum Gasteiger partial charge on any atom is 0.306 e. The molecule has 2 fully saturated rings. The van der Waals surface area contributed by atoms with Gasteiger partial charge in [-0.25, -0.2) is 0 Å². The fraction of sp³-hybridized carbons (Fsp3) is 0.929. The van der Waals surface area contributed by atoms with Gasteiger partial charge in [0.1, 0.15) is 6.10 Å². The zero-order valence-corrected chi connectivity index (χ0v) is 10.7. The molecule has 2 saturated carbocycles. The lowest BCUT2D eigenvalue weighted by Gasteiger charge is -2.40. The van der Waals surface area contributed by atoms with Gasteiger partial charge in [0.05, 0.1) is 6.42 Å². The minimum absolute atomic E-state index is 0.0120. The Kier molecular flexibility index (Phi) is 4.43. The molecule has 2 aliphatic carbocycles. The quantitative estimate of drug-likeness (QED) is 0.606. The second kappa shape index (κ2) is 5.85. The van der Waals surface area contributed by atoms with Crippen molar-refractivity contribution < 1.29 is 9.53 Å². The molecule has 2 aliphatic rings. The van der Waals surface area contributed by atoms with Gasteiger partial charge >= 0.3 is 5.97 Å². The normalized spacial score (nSPS) is 24.8. The average Bonchev–Trinajstić information content (AvgIpc) is 2.52. The van der Waals surface area contributed by atoms with Gasteiger partial charge in [-0.05, 0) is 50.5 Å². The van der Waals surface area contributed by atoms with Crippen molar-refractivity contribution >= 4 is 5.97 Å². The lowest BCUT2D eigenvalue weighted by atomic mass is 9.67. The van der Waals surface area contributed by atoms with Crippen molar-refractivity contribution in [3.05, 3.63) is 0 Å². The third kappa shape index (κ3) is 3.44. The Morgan fingerprint density at radius 1 is 1.12 bits per heavy atom. The van der Waals surface area contributed by atoms with Crippen LogP contribution in [0.1, 0.15) is 64.2 Å². The van der Waals surface area contributed by atoms with Crippen LogP contribution in [0.4, 0.5) is 0 Å². The Morgan fingerprint density at radius 2 is 1.76 bits per heavy atom. The smallest absolute Gasteiger partial charge is 0.306 e. The van der Waals surface area contributed by atoms with Gasteiger partial charge in [0.25, 0.3) is 0 Å². The van der Waals surface area contributed by atoms with Crippen LogP contribution in [0.3, 0.4) is 0 Å². The fourth-order valence-electron chi connectivity index (χ4n) is 3.02. The van der Waals surface area contributed by atoms with Crippen molar-refractivity contribution in [3.63, 3.8) is 0 Å². The first-order valence-corrected chi connectivity index (χ1v) is 7.14. The highest BCUT2D eigenvalue weighted by molar-refractivity contribution is 5.70. The monoisotopic (exact) mass is 239 g/mol. The Labute approximate surface area is 104 Å². The molecule has 2 rings (SSSR count). The molecule has 0 saturated heterocycles. The predicted molar refractivity (Wildman–Crippen MR) is 67.5 cm³/mol. The molecule has 0 amide bonds. The lowest BCUT2D eigenvalue weighted by molar-refractivity contribution is -0.153. The van der Waals surface area contributed by atoms with E-state index in [1.165, 1.54) is 32.1 Å². The summed E-state index contributed by atoms with van der Waals surface area (Å²) in [5, 5.41) is 0. The molecular formula is C14H25NO2. The molecule has 0 aromatic carbocycles. The summed E-state index contributed by atoms with van der Waals surface area (Å²) in [5.74, 6) is -0.0120. The molecule has 0 unspecified atom stereocenters. The van der Waals surface area contributed by atoms with Crippen LogP contribution in [0.15, 0.2) is 0 Å². The van der Waals surface area contributed by atoms with Gasteiger partial charge in [-0.3, -0.25) is 4.79 Å². The zero-order chi connectivity index (χ0) is 12.1. The van der Waals surface area contributed by atoms with Crippen molar-refractivity contribution in [2.24, 2.45) is 11.1 Å². The molecule has 0 aliphatic heterocycles. The van der Waals surface area contributed by atoms with E-state index in [0.717, 1.165) is 25.7 Å². The SMILES string of the molecule is NCC1(CC(=O)OC2CCCCCC2)CCC1. The highest BCUT2D eigenvalue weighted by Gasteiger charge is 2.38. The van der Waals surface area contributed by atoms with E-state index in [4.69, 9.17) is 10.5 Å². The third-order valence-electron chi connectivity index (χ3n) is 4.47. The largest absolute Gasteiger partial charge is 0.462 e. The number of hydrogen-bond acceptors (Lipinski definition) is 3. The number of nitrogens with two attached hydrogens (primary N) is 1. The summed E-state index contributed by atoms with van der Waals surface area (Å²) >= 11 is 0. The van der Waals surface area contributed by atoms with Gasteiger partial charge in [0, 0.05) is 0 Å². The summed E-state index contributed by atoms with van der Waals surface area (Å²) in [6.07, 6.45) is 11.3. The topological polar surface area (TPSA) is 52.3 Å². The van der Waals surface area contributed by atoms with Crippen LogP contribution < -0.4 is 5.73 Å². The number of esters is 1. The van der Waals surface area contributed by atoms with E-state index in [1.54, 1.807) is 0 Å². The number of rotatable bonds is 4. The van der Waals surface area contributed by atoms with Crippen LogP contribution in [0.5, 0.6) is 0 Å². The fourth-order valence-corrected chi connectivity index (χ4v) is 3.02. The predicted octanol–water partition coefficient (Wildman–Crippen LogP) is 2.77. The number of carbonyl (C=O) groups is 1. The highest BCUT2D eigenvalue weighted by atomic mass is 16.5. The summed E-state index contributed by atoms with van der Waals surface area (Å²) in [5.41, 5.74) is 5.85. The van der Waals surface area contributed by atoms with Crippen LogP contribution >= 0.6 is 0 Å². The van der Waals surface area contributed by atoms with Gasteiger partial charge in [0.15, 0.2) is 0 Å². The number of carbonyl (C=O) groups excluding carboxylic acids is 1. The van der Waals surface area contributed by atoms with E-state index in [2.05, 4.69) is 0 Å². The summed E-state index contributed by atoms with van der Waals surface area (Å²) < 4.78 is 5.61. The Bertz CT molecular complexity index is 247. The van der Waals surface area contributed by atoms with E-state index in [9.17, 15) is 4.79 Å². The molecule has 0 radical (unpaired) electrons. The second-order valence-corrected chi connectivity index (χ2v) is 5.84. The molecular weight excluding hydrogens is 214 g/mol. The van der Waals surface area contributed by atoms with E-state index < -0.39 is 0 Å². The Morgan fingerprint density at radius 3 is 2.24 bits per heavy atom. The van der Waals surface area contributed by atoms with Crippen LogP contribution in [0.25, 0.3) is 0 Å². The molecule has 2 N–H and O–H groups in total. The van der Waals surface area contributed by atoms with Crippen molar-refractivity contribution in [2.45, 2.75) is 70.3 Å². The van der Waals surface area contributed by atoms with Crippen molar-refractivity contribution in [2.75, 3.05) is 6.54 Å². The highest BCUT2D eigenvalue weighted by Crippen LogP contribution is 2.43. The first-order valence-electron chi connectivity index (χ1n) is 7.14. The van der Waals surface area contributed by atoms with E-state index in [1.807, 2.05) is 0 Å².